The van der Waals surface area contributed by atoms with Crippen LogP contribution in [-0.4, -0.2) is 21.2 Å². The van der Waals surface area contributed by atoms with Gasteiger partial charge >= 0.3 is 0 Å². The van der Waals surface area contributed by atoms with Crippen LogP contribution in [0.5, 0.6) is 0 Å². The van der Waals surface area contributed by atoms with Gasteiger partial charge in [0.25, 0.3) is 0 Å². The number of rotatable bonds is 4. The lowest BCUT2D eigenvalue weighted by atomic mass is 9.86. The zero-order valence-corrected chi connectivity index (χ0v) is 13.4. The molecular formula is C14H26N2OS. The van der Waals surface area contributed by atoms with Gasteiger partial charge in [-0.2, -0.15) is 0 Å². The third-order valence-corrected chi connectivity index (χ3v) is 4.75. The predicted octanol–water partition coefficient (Wildman–Crippen LogP) is 3.08. The first-order valence-corrected chi connectivity index (χ1v) is 7.24. The van der Waals surface area contributed by atoms with E-state index in [4.69, 9.17) is 0 Å². The minimum atomic E-state index is -0.768. The summed E-state index contributed by atoms with van der Waals surface area (Å²) in [6, 6.07) is 0. The second-order valence-electron chi connectivity index (χ2n) is 6.93. The first-order chi connectivity index (χ1) is 7.93. The molecule has 104 valence electrons. The van der Waals surface area contributed by atoms with E-state index in [-0.39, 0.29) is 11.0 Å². The zero-order valence-electron chi connectivity index (χ0n) is 12.6. The fourth-order valence-corrected chi connectivity index (χ4v) is 2.17. The van der Waals surface area contributed by atoms with Crippen molar-refractivity contribution in [3.63, 3.8) is 0 Å². The van der Waals surface area contributed by atoms with Gasteiger partial charge in [-0.1, -0.05) is 20.8 Å². The number of hydrogen-bond donors (Lipinski definition) is 2. The summed E-state index contributed by atoms with van der Waals surface area (Å²) >= 11 is 1.70. The van der Waals surface area contributed by atoms with E-state index < -0.39 is 5.60 Å². The summed E-state index contributed by atoms with van der Waals surface area (Å²) < 4.78 is 0. The van der Waals surface area contributed by atoms with E-state index in [9.17, 15) is 5.11 Å². The van der Waals surface area contributed by atoms with Gasteiger partial charge in [0, 0.05) is 22.9 Å². The lowest BCUT2D eigenvalue weighted by Gasteiger charge is -2.38. The summed E-state index contributed by atoms with van der Waals surface area (Å²) in [5, 5.41) is 16.7. The largest absolute Gasteiger partial charge is 0.389 e. The quantitative estimate of drug-likeness (QED) is 0.884. The third-order valence-electron chi connectivity index (χ3n) is 3.43. The third kappa shape index (κ3) is 3.77. The van der Waals surface area contributed by atoms with Gasteiger partial charge in [0.15, 0.2) is 0 Å². The van der Waals surface area contributed by atoms with E-state index in [0.717, 1.165) is 10.7 Å². The molecule has 0 aliphatic carbocycles. The van der Waals surface area contributed by atoms with Crippen molar-refractivity contribution in [2.24, 2.45) is 0 Å². The van der Waals surface area contributed by atoms with Crippen molar-refractivity contribution in [1.82, 2.24) is 10.3 Å². The van der Waals surface area contributed by atoms with E-state index in [2.05, 4.69) is 36.5 Å². The molecule has 1 aromatic heterocycles. The van der Waals surface area contributed by atoms with Crippen LogP contribution in [0.4, 0.5) is 0 Å². The molecule has 0 spiro atoms. The van der Waals surface area contributed by atoms with Crippen molar-refractivity contribution < 1.29 is 5.11 Å². The minimum Gasteiger partial charge on any atom is -0.389 e. The Labute approximate surface area is 115 Å². The topological polar surface area (TPSA) is 45.2 Å². The summed E-state index contributed by atoms with van der Waals surface area (Å²) in [5.74, 6) is 0. The molecule has 1 aromatic rings. The van der Waals surface area contributed by atoms with Crippen LogP contribution in [0.3, 0.4) is 0 Å². The van der Waals surface area contributed by atoms with Crippen molar-refractivity contribution in [3.05, 3.63) is 16.1 Å². The zero-order chi connectivity index (χ0) is 14.2. The maximum atomic E-state index is 10.1. The predicted molar refractivity (Wildman–Crippen MR) is 78.0 cm³/mol. The molecule has 0 unspecified atom stereocenters. The maximum absolute atomic E-state index is 10.1. The fraction of sp³-hybridized carbons (Fsp3) is 0.786. The monoisotopic (exact) mass is 270 g/mol. The second kappa shape index (κ2) is 4.91. The SMILES string of the molecule is CC(C)(C)c1nc(CNC(C)(C)C(C)(C)O)cs1. The number of nitrogens with one attached hydrogen (secondary N) is 1. The van der Waals surface area contributed by atoms with Gasteiger partial charge in [-0.05, 0) is 27.7 Å². The van der Waals surface area contributed by atoms with Gasteiger partial charge in [-0.3, -0.25) is 0 Å². The highest BCUT2D eigenvalue weighted by atomic mass is 32.1. The minimum absolute atomic E-state index is 0.106. The molecule has 4 heteroatoms. The highest BCUT2D eigenvalue weighted by Crippen LogP contribution is 2.26. The van der Waals surface area contributed by atoms with Gasteiger partial charge in [-0.15, -0.1) is 11.3 Å². The van der Waals surface area contributed by atoms with E-state index in [0.29, 0.717) is 6.54 Å². The van der Waals surface area contributed by atoms with E-state index in [1.54, 1.807) is 11.3 Å². The molecule has 0 aliphatic heterocycles. The summed E-state index contributed by atoms with van der Waals surface area (Å²) in [6.45, 7) is 14.8. The van der Waals surface area contributed by atoms with E-state index >= 15 is 0 Å². The molecule has 0 radical (unpaired) electrons. The second-order valence-corrected chi connectivity index (χ2v) is 7.79. The van der Waals surface area contributed by atoms with Crippen molar-refractivity contribution in [1.29, 1.82) is 0 Å². The Bertz CT molecular complexity index is 397. The Morgan fingerprint density at radius 3 is 2.11 bits per heavy atom. The Morgan fingerprint density at radius 2 is 1.72 bits per heavy atom. The lowest BCUT2D eigenvalue weighted by Crippen LogP contribution is -2.55. The molecule has 0 saturated carbocycles. The van der Waals surface area contributed by atoms with Gasteiger partial charge in [0.1, 0.15) is 0 Å². The standard InChI is InChI=1S/C14H26N2OS/c1-12(2,3)11-16-10(9-18-11)8-15-13(4,5)14(6,7)17/h9,15,17H,8H2,1-7H3. The van der Waals surface area contributed by atoms with Crippen molar-refractivity contribution in [2.45, 2.75) is 71.6 Å². The molecule has 1 heterocycles. The Morgan fingerprint density at radius 1 is 1.17 bits per heavy atom. The van der Waals surface area contributed by atoms with E-state index in [1.165, 1.54) is 0 Å². The number of hydrogen-bond acceptors (Lipinski definition) is 4. The Balaban J connectivity index is 2.68. The molecule has 2 N–H and O–H groups in total. The molecule has 0 fully saturated rings. The molecular weight excluding hydrogens is 244 g/mol. The van der Waals surface area contributed by atoms with Crippen LogP contribution >= 0.6 is 11.3 Å². The number of aliphatic hydroxyl groups is 1. The number of aromatic nitrogens is 1. The average molecular weight is 270 g/mol. The van der Waals surface area contributed by atoms with Gasteiger partial charge in [-0.25, -0.2) is 4.98 Å². The summed E-state index contributed by atoms with van der Waals surface area (Å²) in [7, 11) is 0. The molecule has 3 nitrogen and oxygen atoms in total. The molecule has 0 bridgehead atoms. The van der Waals surface area contributed by atoms with Crippen LogP contribution in [-0.2, 0) is 12.0 Å². The highest BCUT2D eigenvalue weighted by Gasteiger charge is 2.34. The van der Waals surface area contributed by atoms with E-state index in [1.807, 2.05) is 27.7 Å². The Hall–Kier alpha value is -0.450. The first-order valence-electron chi connectivity index (χ1n) is 6.36. The molecule has 0 aromatic carbocycles. The van der Waals surface area contributed by atoms with Crippen LogP contribution in [0, 0.1) is 0 Å². The number of nitrogens with zero attached hydrogens (tertiary/aromatic N) is 1. The molecule has 0 aliphatic rings. The fourth-order valence-electron chi connectivity index (χ4n) is 1.26. The van der Waals surface area contributed by atoms with Crippen LogP contribution in [0.25, 0.3) is 0 Å². The number of thiazole rings is 1. The molecule has 0 atom stereocenters. The van der Waals surface area contributed by atoms with Gasteiger partial charge in [0.05, 0.1) is 16.3 Å². The first kappa shape index (κ1) is 15.6. The molecule has 18 heavy (non-hydrogen) atoms. The molecule has 0 amide bonds. The molecule has 0 saturated heterocycles. The van der Waals surface area contributed by atoms with Crippen molar-refractivity contribution in [2.75, 3.05) is 0 Å². The van der Waals surface area contributed by atoms with Gasteiger partial charge in [0.2, 0.25) is 0 Å². The smallest absolute Gasteiger partial charge is 0.0982 e. The van der Waals surface area contributed by atoms with Crippen LogP contribution in [0.2, 0.25) is 0 Å². The van der Waals surface area contributed by atoms with Crippen LogP contribution < -0.4 is 5.32 Å². The maximum Gasteiger partial charge on any atom is 0.0982 e. The highest BCUT2D eigenvalue weighted by molar-refractivity contribution is 7.09. The van der Waals surface area contributed by atoms with Crippen LogP contribution in [0.15, 0.2) is 5.38 Å². The molecule has 1 rings (SSSR count). The van der Waals surface area contributed by atoms with Crippen molar-refractivity contribution >= 4 is 11.3 Å². The normalized spacial score (nSPS) is 14.0. The van der Waals surface area contributed by atoms with Gasteiger partial charge < -0.3 is 10.4 Å². The van der Waals surface area contributed by atoms with Crippen LogP contribution in [0.1, 0.15) is 59.2 Å². The average Bonchev–Trinajstić information content (AvgIpc) is 2.60. The summed E-state index contributed by atoms with van der Waals surface area (Å²) in [5.41, 5.74) is 0.0329. The summed E-state index contributed by atoms with van der Waals surface area (Å²) in [4.78, 5) is 4.64. The summed E-state index contributed by atoms with van der Waals surface area (Å²) in [6.07, 6.45) is 0. The van der Waals surface area contributed by atoms with Crippen molar-refractivity contribution in [3.8, 4) is 0 Å². The lowest BCUT2D eigenvalue weighted by molar-refractivity contribution is -0.00544. The Kier molecular flexibility index (Phi) is 4.26.